The quantitative estimate of drug-likeness (QED) is 0.770. The maximum absolute atomic E-state index is 11.5. The van der Waals surface area contributed by atoms with Gasteiger partial charge in [0, 0.05) is 18.7 Å². The molecule has 0 saturated heterocycles. The van der Waals surface area contributed by atoms with E-state index >= 15 is 0 Å². The zero-order chi connectivity index (χ0) is 13.5. The van der Waals surface area contributed by atoms with E-state index in [-0.39, 0.29) is 5.56 Å². The van der Waals surface area contributed by atoms with Gasteiger partial charge in [-0.05, 0) is 29.7 Å². The molecule has 0 atom stereocenters. The average molecular weight is 263 g/mol. The molecule has 2 aromatic rings. The standard InChI is InChI=1S/C14H17NO4/c1-17-6-7-18-8-9-19-12-2-3-13-11(10-12)4-5-15-14(13)16/h2-5,10H,6-9H2,1H3,(H,15,16). The molecule has 0 aliphatic rings. The van der Waals surface area contributed by atoms with Gasteiger partial charge >= 0.3 is 0 Å². The van der Waals surface area contributed by atoms with Crippen LogP contribution in [0.4, 0.5) is 0 Å². The van der Waals surface area contributed by atoms with Crippen molar-refractivity contribution >= 4 is 10.8 Å². The number of rotatable bonds is 7. The van der Waals surface area contributed by atoms with Gasteiger partial charge in [-0.1, -0.05) is 0 Å². The molecule has 0 fully saturated rings. The van der Waals surface area contributed by atoms with Crippen molar-refractivity contribution in [2.75, 3.05) is 33.5 Å². The topological polar surface area (TPSA) is 60.6 Å². The summed E-state index contributed by atoms with van der Waals surface area (Å²) >= 11 is 0. The van der Waals surface area contributed by atoms with Crippen molar-refractivity contribution in [2.45, 2.75) is 0 Å². The largest absolute Gasteiger partial charge is 0.491 e. The summed E-state index contributed by atoms with van der Waals surface area (Å²) < 4.78 is 15.7. The Kier molecular flexibility index (Phi) is 4.94. The number of methoxy groups -OCH3 is 1. The van der Waals surface area contributed by atoms with Gasteiger partial charge in [0.25, 0.3) is 5.56 Å². The summed E-state index contributed by atoms with van der Waals surface area (Å²) in [5.74, 6) is 0.730. The molecule has 19 heavy (non-hydrogen) atoms. The fourth-order valence-corrected chi connectivity index (χ4v) is 1.72. The predicted molar refractivity (Wildman–Crippen MR) is 72.8 cm³/mol. The number of H-pyrrole nitrogens is 1. The summed E-state index contributed by atoms with van der Waals surface area (Å²) in [6, 6.07) is 7.24. The van der Waals surface area contributed by atoms with E-state index in [1.165, 1.54) is 0 Å². The van der Waals surface area contributed by atoms with E-state index in [9.17, 15) is 4.79 Å². The minimum Gasteiger partial charge on any atom is -0.491 e. The number of aromatic amines is 1. The number of benzene rings is 1. The molecule has 1 aromatic heterocycles. The second kappa shape index (κ2) is 6.92. The third-order valence-electron chi connectivity index (χ3n) is 2.67. The molecule has 0 aliphatic carbocycles. The van der Waals surface area contributed by atoms with E-state index in [1.54, 1.807) is 25.4 Å². The zero-order valence-corrected chi connectivity index (χ0v) is 10.8. The molecule has 0 amide bonds. The van der Waals surface area contributed by atoms with Gasteiger partial charge in [-0.25, -0.2) is 0 Å². The van der Waals surface area contributed by atoms with E-state index in [2.05, 4.69) is 4.98 Å². The van der Waals surface area contributed by atoms with Crippen molar-refractivity contribution in [2.24, 2.45) is 0 Å². The van der Waals surface area contributed by atoms with Crippen LogP contribution < -0.4 is 10.3 Å². The highest BCUT2D eigenvalue weighted by Gasteiger charge is 2.00. The first-order valence-corrected chi connectivity index (χ1v) is 6.12. The lowest BCUT2D eigenvalue weighted by molar-refractivity contribution is 0.0544. The van der Waals surface area contributed by atoms with Crippen LogP contribution in [-0.4, -0.2) is 38.5 Å². The Bertz CT molecular complexity index is 579. The van der Waals surface area contributed by atoms with Crippen LogP contribution in [0, 0.1) is 0 Å². The van der Waals surface area contributed by atoms with Crippen LogP contribution in [0.25, 0.3) is 10.8 Å². The van der Waals surface area contributed by atoms with Gasteiger partial charge in [0.15, 0.2) is 0 Å². The lowest BCUT2D eigenvalue weighted by Crippen LogP contribution is -2.10. The first-order valence-electron chi connectivity index (χ1n) is 6.12. The Balaban J connectivity index is 1.89. The van der Waals surface area contributed by atoms with Gasteiger partial charge in [0.05, 0.1) is 19.8 Å². The van der Waals surface area contributed by atoms with Crippen LogP contribution in [0.15, 0.2) is 35.3 Å². The maximum Gasteiger partial charge on any atom is 0.255 e. The van der Waals surface area contributed by atoms with E-state index in [4.69, 9.17) is 14.2 Å². The van der Waals surface area contributed by atoms with Gasteiger partial charge in [0.2, 0.25) is 0 Å². The molecular formula is C14H17NO4. The maximum atomic E-state index is 11.5. The predicted octanol–water partition coefficient (Wildman–Crippen LogP) is 1.57. The normalized spacial score (nSPS) is 10.8. The minimum absolute atomic E-state index is 0.0908. The molecule has 0 saturated carbocycles. The summed E-state index contributed by atoms with van der Waals surface area (Å²) in [5.41, 5.74) is -0.0908. The van der Waals surface area contributed by atoms with Crippen molar-refractivity contribution in [1.29, 1.82) is 0 Å². The fraction of sp³-hybridized carbons (Fsp3) is 0.357. The number of ether oxygens (including phenoxy) is 3. The summed E-state index contributed by atoms with van der Waals surface area (Å²) in [6.45, 7) is 2.13. The lowest BCUT2D eigenvalue weighted by atomic mass is 10.2. The highest BCUT2D eigenvalue weighted by atomic mass is 16.5. The fourth-order valence-electron chi connectivity index (χ4n) is 1.72. The van der Waals surface area contributed by atoms with Crippen LogP contribution in [0.1, 0.15) is 0 Å². The first kappa shape index (κ1) is 13.6. The number of hydrogen-bond acceptors (Lipinski definition) is 4. The van der Waals surface area contributed by atoms with Crippen molar-refractivity contribution in [3.05, 3.63) is 40.8 Å². The molecule has 0 unspecified atom stereocenters. The number of aromatic nitrogens is 1. The third kappa shape index (κ3) is 3.81. The molecule has 0 aliphatic heterocycles. The first-order chi connectivity index (χ1) is 9.31. The summed E-state index contributed by atoms with van der Waals surface area (Å²) in [6.07, 6.45) is 1.63. The zero-order valence-electron chi connectivity index (χ0n) is 10.8. The van der Waals surface area contributed by atoms with Gasteiger partial charge in [-0.3, -0.25) is 4.79 Å². The Morgan fingerprint density at radius 1 is 1.11 bits per heavy atom. The molecular weight excluding hydrogens is 246 g/mol. The number of pyridine rings is 1. The Morgan fingerprint density at radius 3 is 2.79 bits per heavy atom. The smallest absolute Gasteiger partial charge is 0.255 e. The number of nitrogens with one attached hydrogen (secondary N) is 1. The second-order valence-corrected chi connectivity index (χ2v) is 4.01. The summed E-state index contributed by atoms with van der Waals surface area (Å²) in [5, 5.41) is 1.52. The van der Waals surface area contributed by atoms with E-state index in [1.807, 2.05) is 12.1 Å². The molecule has 0 bridgehead atoms. The number of fused-ring (bicyclic) bond motifs is 1. The van der Waals surface area contributed by atoms with Crippen LogP contribution in [-0.2, 0) is 9.47 Å². The summed E-state index contributed by atoms with van der Waals surface area (Å²) in [7, 11) is 1.64. The van der Waals surface area contributed by atoms with E-state index in [0.717, 1.165) is 11.1 Å². The molecule has 102 valence electrons. The van der Waals surface area contributed by atoms with Crippen LogP contribution in [0.3, 0.4) is 0 Å². The van der Waals surface area contributed by atoms with Gasteiger partial charge in [-0.15, -0.1) is 0 Å². The monoisotopic (exact) mass is 263 g/mol. The van der Waals surface area contributed by atoms with Crippen molar-refractivity contribution < 1.29 is 14.2 Å². The third-order valence-corrected chi connectivity index (χ3v) is 2.67. The Labute approximate surface area is 111 Å². The lowest BCUT2D eigenvalue weighted by Gasteiger charge is -2.07. The SMILES string of the molecule is COCCOCCOc1ccc2c(=O)[nH]ccc2c1. The van der Waals surface area contributed by atoms with Crippen molar-refractivity contribution in [3.63, 3.8) is 0 Å². The molecule has 1 N–H and O–H groups in total. The molecule has 1 heterocycles. The van der Waals surface area contributed by atoms with Gasteiger partial charge in [0.1, 0.15) is 12.4 Å². The number of hydrogen-bond donors (Lipinski definition) is 1. The highest BCUT2D eigenvalue weighted by Crippen LogP contribution is 2.17. The molecule has 0 spiro atoms. The van der Waals surface area contributed by atoms with Crippen molar-refractivity contribution in [1.82, 2.24) is 4.98 Å². The molecule has 5 heteroatoms. The Morgan fingerprint density at radius 2 is 1.95 bits per heavy atom. The minimum atomic E-state index is -0.0908. The van der Waals surface area contributed by atoms with E-state index in [0.29, 0.717) is 31.8 Å². The van der Waals surface area contributed by atoms with Gasteiger partial charge < -0.3 is 19.2 Å². The molecule has 0 radical (unpaired) electrons. The summed E-state index contributed by atoms with van der Waals surface area (Å²) in [4.78, 5) is 14.2. The molecule has 2 rings (SSSR count). The highest BCUT2D eigenvalue weighted by molar-refractivity contribution is 5.82. The second-order valence-electron chi connectivity index (χ2n) is 4.01. The van der Waals surface area contributed by atoms with Crippen LogP contribution in [0.2, 0.25) is 0 Å². The molecule has 5 nitrogen and oxygen atoms in total. The molecule has 1 aromatic carbocycles. The van der Waals surface area contributed by atoms with Crippen molar-refractivity contribution in [3.8, 4) is 5.75 Å². The van der Waals surface area contributed by atoms with Gasteiger partial charge in [-0.2, -0.15) is 0 Å². The van der Waals surface area contributed by atoms with Crippen LogP contribution in [0.5, 0.6) is 5.75 Å². The average Bonchev–Trinajstić information content (AvgIpc) is 2.43. The Hall–Kier alpha value is -1.85. The van der Waals surface area contributed by atoms with E-state index < -0.39 is 0 Å². The van der Waals surface area contributed by atoms with Crippen LogP contribution >= 0.6 is 0 Å².